The van der Waals surface area contributed by atoms with Gasteiger partial charge in [0.25, 0.3) is 0 Å². The fourth-order valence-corrected chi connectivity index (χ4v) is 1.23. The van der Waals surface area contributed by atoms with E-state index in [1.165, 1.54) is 13.2 Å². The van der Waals surface area contributed by atoms with Crippen LogP contribution in [-0.2, 0) is 9.53 Å². The standard InChI is InChI=1S/C12H13BrO3/c1-15-12(14)7-4-10-2-5-11(6-3-10)16-9-8-13/h2-7H,8-9H2,1H3/b7-4+. The van der Waals surface area contributed by atoms with Gasteiger partial charge < -0.3 is 9.47 Å². The van der Waals surface area contributed by atoms with Crippen molar-refractivity contribution in [2.24, 2.45) is 0 Å². The van der Waals surface area contributed by atoms with Gasteiger partial charge in [0.15, 0.2) is 0 Å². The summed E-state index contributed by atoms with van der Waals surface area (Å²) in [7, 11) is 1.35. The highest BCUT2D eigenvalue weighted by molar-refractivity contribution is 9.09. The van der Waals surface area contributed by atoms with Gasteiger partial charge in [-0.1, -0.05) is 28.1 Å². The number of halogens is 1. The number of esters is 1. The molecule has 0 saturated heterocycles. The summed E-state index contributed by atoms with van der Waals surface area (Å²) in [6.07, 6.45) is 3.08. The Bertz CT molecular complexity index is 357. The highest BCUT2D eigenvalue weighted by Gasteiger charge is 1.94. The van der Waals surface area contributed by atoms with Gasteiger partial charge in [0.05, 0.1) is 13.7 Å². The van der Waals surface area contributed by atoms with Crippen LogP contribution in [0.3, 0.4) is 0 Å². The Labute approximate surface area is 103 Å². The van der Waals surface area contributed by atoms with Crippen molar-refractivity contribution in [2.75, 3.05) is 19.0 Å². The van der Waals surface area contributed by atoms with Gasteiger partial charge in [-0.15, -0.1) is 0 Å². The average molecular weight is 285 g/mol. The highest BCUT2D eigenvalue weighted by atomic mass is 79.9. The topological polar surface area (TPSA) is 35.5 Å². The Balaban J connectivity index is 2.57. The Morgan fingerprint density at radius 3 is 2.62 bits per heavy atom. The second-order valence-corrected chi connectivity index (χ2v) is 3.76. The quantitative estimate of drug-likeness (QED) is 0.474. The molecule has 1 aromatic carbocycles. The van der Waals surface area contributed by atoms with Gasteiger partial charge in [-0.05, 0) is 23.8 Å². The summed E-state index contributed by atoms with van der Waals surface area (Å²) in [6, 6.07) is 7.48. The summed E-state index contributed by atoms with van der Waals surface area (Å²) in [5.74, 6) is 0.453. The van der Waals surface area contributed by atoms with Gasteiger partial charge in [-0.25, -0.2) is 4.79 Å². The van der Waals surface area contributed by atoms with Crippen molar-refractivity contribution in [1.82, 2.24) is 0 Å². The first-order chi connectivity index (χ1) is 7.76. The van der Waals surface area contributed by atoms with Gasteiger partial charge >= 0.3 is 5.97 Å². The number of benzene rings is 1. The normalized spacial score (nSPS) is 10.4. The second-order valence-electron chi connectivity index (χ2n) is 2.96. The number of methoxy groups -OCH3 is 1. The van der Waals surface area contributed by atoms with E-state index >= 15 is 0 Å². The van der Waals surface area contributed by atoms with Crippen LogP contribution in [0.25, 0.3) is 6.08 Å². The molecule has 0 aliphatic rings. The van der Waals surface area contributed by atoms with Crippen LogP contribution in [0.15, 0.2) is 30.3 Å². The maximum atomic E-state index is 10.9. The number of carbonyl (C=O) groups excluding carboxylic acids is 1. The zero-order valence-electron chi connectivity index (χ0n) is 8.98. The van der Waals surface area contributed by atoms with Crippen molar-refractivity contribution in [3.05, 3.63) is 35.9 Å². The molecule has 0 bridgehead atoms. The Morgan fingerprint density at radius 1 is 1.38 bits per heavy atom. The number of rotatable bonds is 5. The molecule has 0 aliphatic heterocycles. The van der Waals surface area contributed by atoms with E-state index < -0.39 is 0 Å². The maximum absolute atomic E-state index is 10.9. The van der Waals surface area contributed by atoms with Crippen LogP contribution in [0.1, 0.15) is 5.56 Å². The third-order valence-electron chi connectivity index (χ3n) is 1.84. The van der Waals surface area contributed by atoms with Crippen LogP contribution in [0.4, 0.5) is 0 Å². The Morgan fingerprint density at radius 2 is 2.06 bits per heavy atom. The lowest BCUT2D eigenvalue weighted by Crippen LogP contribution is -1.97. The Hall–Kier alpha value is -1.29. The third-order valence-corrected chi connectivity index (χ3v) is 2.16. The molecule has 0 aliphatic carbocycles. The van der Waals surface area contributed by atoms with E-state index in [-0.39, 0.29) is 5.97 Å². The van der Waals surface area contributed by atoms with Crippen LogP contribution < -0.4 is 4.74 Å². The van der Waals surface area contributed by atoms with Gasteiger partial charge in [-0.2, -0.15) is 0 Å². The molecule has 0 N–H and O–H groups in total. The summed E-state index contributed by atoms with van der Waals surface area (Å²) in [6.45, 7) is 0.636. The van der Waals surface area contributed by atoms with Crippen LogP contribution in [0.2, 0.25) is 0 Å². The van der Waals surface area contributed by atoms with Crippen LogP contribution >= 0.6 is 15.9 Å². The number of hydrogen-bond donors (Lipinski definition) is 0. The van der Waals surface area contributed by atoms with E-state index in [0.717, 1.165) is 16.6 Å². The minimum absolute atomic E-state index is 0.361. The van der Waals surface area contributed by atoms with Gasteiger partial charge in [0.1, 0.15) is 5.75 Å². The molecular formula is C12H13BrO3. The monoisotopic (exact) mass is 284 g/mol. The molecule has 0 spiro atoms. The first kappa shape index (κ1) is 12.8. The molecule has 86 valence electrons. The van der Waals surface area contributed by atoms with Crippen LogP contribution in [-0.4, -0.2) is 25.0 Å². The van der Waals surface area contributed by atoms with Crippen molar-refractivity contribution in [3.63, 3.8) is 0 Å². The molecule has 4 heteroatoms. The van der Waals surface area contributed by atoms with Crippen molar-refractivity contribution in [2.45, 2.75) is 0 Å². The van der Waals surface area contributed by atoms with Gasteiger partial charge in [0, 0.05) is 11.4 Å². The summed E-state index contributed by atoms with van der Waals surface area (Å²) in [5, 5.41) is 0.803. The van der Waals surface area contributed by atoms with E-state index in [0.29, 0.717) is 6.61 Å². The average Bonchev–Trinajstić information content (AvgIpc) is 2.34. The fraction of sp³-hybridized carbons (Fsp3) is 0.250. The molecule has 0 amide bonds. The molecule has 1 rings (SSSR count). The van der Waals surface area contributed by atoms with E-state index in [2.05, 4.69) is 20.7 Å². The summed E-state index contributed by atoms with van der Waals surface area (Å²) >= 11 is 3.28. The largest absolute Gasteiger partial charge is 0.493 e. The molecule has 0 saturated carbocycles. The number of carbonyl (C=O) groups is 1. The molecule has 0 radical (unpaired) electrons. The zero-order valence-corrected chi connectivity index (χ0v) is 10.6. The van der Waals surface area contributed by atoms with Crippen molar-refractivity contribution >= 4 is 28.0 Å². The van der Waals surface area contributed by atoms with Gasteiger partial charge in [0.2, 0.25) is 0 Å². The van der Waals surface area contributed by atoms with E-state index in [1.54, 1.807) is 6.08 Å². The molecule has 0 unspecified atom stereocenters. The van der Waals surface area contributed by atoms with Crippen LogP contribution in [0.5, 0.6) is 5.75 Å². The number of alkyl halides is 1. The molecular weight excluding hydrogens is 272 g/mol. The van der Waals surface area contributed by atoms with Crippen molar-refractivity contribution in [3.8, 4) is 5.75 Å². The first-order valence-corrected chi connectivity index (χ1v) is 5.93. The van der Waals surface area contributed by atoms with Gasteiger partial charge in [-0.3, -0.25) is 0 Å². The molecule has 0 aromatic heterocycles. The molecule has 0 heterocycles. The first-order valence-electron chi connectivity index (χ1n) is 4.81. The smallest absolute Gasteiger partial charge is 0.330 e. The second kappa shape index (κ2) is 7.06. The van der Waals surface area contributed by atoms with Crippen LogP contribution in [0, 0.1) is 0 Å². The summed E-state index contributed by atoms with van der Waals surface area (Å²) in [5.41, 5.74) is 0.927. The summed E-state index contributed by atoms with van der Waals surface area (Å²) in [4.78, 5) is 10.9. The lowest BCUT2D eigenvalue weighted by molar-refractivity contribution is -0.134. The predicted molar refractivity (Wildman–Crippen MR) is 66.8 cm³/mol. The van der Waals surface area contributed by atoms with E-state index in [4.69, 9.17) is 4.74 Å². The minimum atomic E-state index is -0.361. The molecule has 3 nitrogen and oxygen atoms in total. The SMILES string of the molecule is COC(=O)/C=C/c1ccc(OCCBr)cc1. The molecule has 0 atom stereocenters. The maximum Gasteiger partial charge on any atom is 0.330 e. The fourth-order valence-electron chi connectivity index (χ4n) is 1.06. The zero-order chi connectivity index (χ0) is 11.8. The van der Waals surface area contributed by atoms with Crippen molar-refractivity contribution in [1.29, 1.82) is 0 Å². The summed E-state index contributed by atoms with van der Waals surface area (Å²) < 4.78 is 9.89. The van der Waals surface area contributed by atoms with E-state index in [9.17, 15) is 4.79 Å². The third kappa shape index (κ3) is 4.49. The number of ether oxygens (including phenoxy) is 2. The molecule has 0 fully saturated rings. The predicted octanol–water partition coefficient (Wildman–Crippen LogP) is 2.65. The minimum Gasteiger partial charge on any atom is -0.493 e. The Kier molecular flexibility index (Phi) is 5.64. The molecule has 1 aromatic rings. The van der Waals surface area contributed by atoms with E-state index in [1.807, 2.05) is 24.3 Å². The molecule has 16 heavy (non-hydrogen) atoms. The number of hydrogen-bond acceptors (Lipinski definition) is 3. The highest BCUT2D eigenvalue weighted by Crippen LogP contribution is 2.13. The lowest BCUT2D eigenvalue weighted by Gasteiger charge is -2.03. The lowest BCUT2D eigenvalue weighted by atomic mass is 10.2. The van der Waals surface area contributed by atoms with Crippen molar-refractivity contribution < 1.29 is 14.3 Å².